The number of rotatable bonds is 13. The Kier molecular flexibility index (Phi) is 14.0. The van der Waals surface area contributed by atoms with Crippen LogP contribution in [0.4, 0.5) is 14.4 Å². The molecule has 0 bridgehead atoms. The van der Waals surface area contributed by atoms with Gasteiger partial charge in [0.05, 0.1) is 18.8 Å². The van der Waals surface area contributed by atoms with E-state index in [4.69, 9.17) is 38.9 Å². The van der Waals surface area contributed by atoms with Gasteiger partial charge in [-0.1, -0.05) is 26.3 Å². The largest absolute Gasteiger partial charge is 0.514 e. The van der Waals surface area contributed by atoms with Gasteiger partial charge in [-0.05, 0) is 64.7 Å². The van der Waals surface area contributed by atoms with Gasteiger partial charge in [0.2, 0.25) is 0 Å². The molecular weight excluding hydrogens is 502 g/mol. The minimum absolute atomic E-state index is 0.00430. The molecule has 12 heteroatoms. The van der Waals surface area contributed by atoms with Gasteiger partial charge < -0.3 is 38.9 Å². The molecule has 0 saturated heterocycles. The van der Waals surface area contributed by atoms with Crippen LogP contribution in [-0.2, 0) is 34.9 Å². The maximum Gasteiger partial charge on any atom is 0.514 e. The highest BCUT2D eigenvalue weighted by Gasteiger charge is 2.22. The minimum Gasteiger partial charge on any atom is -0.458 e. The van der Waals surface area contributed by atoms with Crippen LogP contribution in [0.2, 0.25) is 0 Å². The van der Waals surface area contributed by atoms with Gasteiger partial charge in [0, 0.05) is 0 Å². The predicted octanol–water partition coefficient (Wildman–Crippen LogP) is 4.54. The van der Waals surface area contributed by atoms with E-state index in [1.54, 1.807) is 34.6 Å². The summed E-state index contributed by atoms with van der Waals surface area (Å²) in [6, 6.07) is 3.19. The highest BCUT2D eigenvalue weighted by Crippen LogP contribution is 2.30. The first-order valence-corrected chi connectivity index (χ1v) is 12.5. The third-order valence-electron chi connectivity index (χ3n) is 4.75. The highest BCUT2D eigenvalue weighted by molar-refractivity contribution is 5.76. The summed E-state index contributed by atoms with van der Waals surface area (Å²) in [6.45, 7) is 12.1. The van der Waals surface area contributed by atoms with Crippen LogP contribution in [0.1, 0.15) is 60.5 Å². The van der Waals surface area contributed by atoms with E-state index in [1.165, 1.54) is 18.2 Å². The number of ether oxygens (including phenoxy) is 7. The summed E-state index contributed by atoms with van der Waals surface area (Å²) in [5.41, 5.74) is 6.47. The zero-order chi connectivity index (χ0) is 28.8. The van der Waals surface area contributed by atoms with Gasteiger partial charge in [-0.3, -0.25) is 4.79 Å². The van der Waals surface area contributed by atoms with Gasteiger partial charge in [-0.2, -0.15) is 0 Å². The van der Waals surface area contributed by atoms with E-state index < -0.39 is 48.8 Å². The van der Waals surface area contributed by atoms with E-state index in [2.05, 4.69) is 0 Å². The Hall–Kier alpha value is -3.54. The van der Waals surface area contributed by atoms with Gasteiger partial charge in [0.1, 0.15) is 18.8 Å². The summed E-state index contributed by atoms with van der Waals surface area (Å²) in [4.78, 5) is 48.1. The van der Waals surface area contributed by atoms with Gasteiger partial charge in [0.15, 0.2) is 11.5 Å². The van der Waals surface area contributed by atoms with Crippen molar-refractivity contribution in [2.75, 3.05) is 13.2 Å². The van der Waals surface area contributed by atoms with Crippen LogP contribution in [0.3, 0.4) is 0 Å². The molecule has 0 heterocycles. The zero-order valence-corrected chi connectivity index (χ0v) is 23.0. The normalized spacial score (nSPS) is 13.2. The summed E-state index contributed by atoms with van der Waals surface area (Å²) < 4.78 is 35.4. The van der Waals surface area contributed by atoms with Crippen molar-refractivity contribution in [3.05, 3.63) is 23.8 Å². The molecule has 0 aromatic heterocycles. The van der Waals surface area contributed by atoms with Crippen LogP contribution >= 0.6 is 0 Å². The van der Waals surface area contributed by atoms with Crippen molar-refractivity contribution in [3.8, 4) is 11.5 Å². The fourth-order valence-electron chi connectivity index (χ4n) is 2.67. The lowest BCUT2D eigenvalue weighted by molar-refractivity contribution is -0.152. The molecule has 0 amide bonds. The molecule has 1 aromatic carbocycles. The average molecular weight is 542 g/mol. The molecule has 38 heavy (non-hydrogen) atoms. The van der Waals surface area contributed by atoms with Crippen molar-refractivity contribution in [1.82, 2.24) is 0 Å². The lowest BCUT2D eigenvalue weighted by Gasteiger charge is -2.18. The fourth-order valence-corrected chi connectivity index (χ4v) is 2.67. The Labute approximate surface area is 223 Å². The van der Waals surface area contributed by atoms with E-state index in [-0.39, 0.29) is 37.1 Å². The number of carbonyl (C=O) groups excluding carboxylic acids is 4. The molecule has 2 N–H and O–H groups in total. The molecule has 3 atom stereocenters. The number of nitrogens with two attached hydrogens (primary N) is 1. The Bertz CT molecular complexity index is 932. The van der Waals surface area contributed by atoms with E-state index >= 15 is 0 Å². The molecule has 0 radical (unpaired) electrons. The van der Waals surface area contributed by atoms with E-state index in [9.17, 15) is 19.2 Å². The van der Waals surface area contributed by atoms with Gasteiger partial charge >= 0.3 is 24.4 Å². The predicted molar refractivity (Wildman–Crippen MR) is 135 cm³/mol. The van der Waals surface area contributed by atoms with Crippen LogP contribution in [0.5, 0.6) is 11.5 Å². The maximum atomic E-state index is 12.4. The maximum absolute atomic E-state index is 12.4. The zero-order valence-electron chi connectivity index (χ0n) is 23.0. The van der Waals surface area contributed by atoms with Crippen molar-refractivity contribution in [3.63, 3.8) is 0 Å². The molecule has 0 fully saturated rings. The topological polar surface area (TPSA) is 159 Å². The van der Waals surface area contributed by atoms with Crippen LogP contribution in [0.15, 0.2) is 18.2 Å². The van der Waals surface area contributed by atoms with E-state index in [1.807, 2.05) is 13.8 Å². The second-order valence-electron chi connectivity index (χ2n) is 9.26. The number of carbonyl (C=O) groups is 4. The summed E-state index contributed by atoms with van der Waals surface area (Å²) in [5.74, 6) is -0.761. The molecule has 0 saturated carbocycles. The van der Waals surface area contributed by atoms with Crippen molar-refractivity contribution in [2.24, 2.45) is 11.7 Å². The van der Waals surface area contributed by atoms with Crippen LogP contribution in [0.25, 0.3) is 0 Å². The summed E-state index contributed by atoms with van der Waals surface area (Å²) >= 11 is 0. The second kappa shape index (κ2) is 16.3. The molecule has 0 aliphatic heterocycles. The monoisotopic (exact) mass is 541 g/mol. The first-order chi connectivity index (χ1) is 17.8. The van der Waals surface area contributed by atoms with E-state index in [0.717, 1.165) is 6.42 Å². The fraction of sp³-hybridized carbons (Fsp3) is 0.615. The van der Waals surface area contributed by atoms with Crippen molar-refractivity contribution >= 4 is 24.4 Å². The van der Waals surface area contributed by atoms with Crippen LogP contribution in [0, 0.1) is 5.92 Å². The molecule has 1 unspecified atom stereocenters. The third-order valence-corrected chi connectivity index (χ3v) is 4.75. The van der Waals surface area contributed by atoms with Gasteiger partial charge in [-0.25, -0.2) is 14.4 Å². The van der Waals surface area contributed by atoms with E-state index in [0.29, 0.717) is 5.56 Å². The lowest BCUT2D eigenvalue weighted by atomic mass is 10.1. The Morgan fingerprint density at radius 2 is 1.32 bits per heavy atom. The summed E-state index contributed by atoms with van der Waals surface area (Å²) in [7, 11) is 0. The summed E-state index contributed by atoms with van der Waals surface area (Å²) in [6.07, 6.45) is -3.64. The molecule has 0 aliphatic carbocycles. The molecule has 0 spiro atoms. The molecular formula is C26H39NO11. The Morgan fingerprint density at radius 1 is 0.763 bits per heavy atom. The molecule has 1 aromatic rings. The molecule has 1 rings (SSSR count). The first kappa shape index (κ1) is 32.5. The smallest absolute Gasteiger partial charge is 0.458 e. The first-order valence-electron chi connectivity index (χ1n) is 12.5. The Balaban J connectivity index is 2.79. The van der Waals surface area contributed by atoms with Crippen molar-refractivity contribution in [1.29, 1.82) is 0 Å². The SMILES string of the molecule is CCC(C)COC(=O)OC[C@H](C)OC(=O)[C@@H](N)Cc1ccc(OC(=O)OC(C)C)c(OC(=O)OC(C)C)c1. The number of hydrogen-bond donors (Lipinski definition) is 1. The quantitative estimate of drug-likeness (QED) is 0.211. The van der Waals surface area contributed by atoms with Gasteiger partial charge in [0.25, 0.3) is 0 Å². The standard InChI is InChI=1S/C26H39NO11/c1-8-17(6)13-32-24(29)33-14-18(7)36-23(28)20(27)11-19-9-10-21(37-25(30)34-15(2)3)22(12-19)38-26(31)35-16(4)5/h9-10,12,15-18,20H,8,11,13-14,27H2,1-7H3/t17?,18-,20-/m0/s1. The summed E-state index contributed by atoms with van der Waals surface area (Å²) in [5, 5.41) is 0. The van der Waals surface area contributed by atoms with Crippen molar-refractivity contribution < 1.29 is 52.3 Å². The Morgan fingerprint density at radius 3 is 1.87 bits per heavy atom. The average Bonchev–Trinajstić information content (AvgIpc) is 2.81. The van der Waals surface area contributed by atoms with Crippen LogP contribution < -0.4 is 15.2 Å². The lowest BCUT2D eigenvalue weighted by Crippen LogP contribution is -2.37. The number of benzene rings is 1. The molecule has 0 aliphatic rings. The molecule has 214 valence electrons. The highest BCUT2D eigenvalue weighted by atomic mass is 16.8. The number of esters is 1. The van der Waals surface area contributed by atoms with Crippen LogP contribution in [-0.4, -0.2) is 62.0 Å². The minimum atomic E-state index is -1.09. The number of hydrogen-bond acceptors (Lipinski definition) is 12. The van der Waals surface area contributed by atoms with Crippen molar-refractivity contribution in [2.45, 2.75) is 85.7 Å². The third kappa shape index (κ3) is 13.1. The second-order valence-corrected chi connectivity index (χ2v) is 9.26. The molecule has 12 nitrogen and oxygen atoms in total. The van der Waals surface area contributed by atoms with Gasteiger partial charge in [-0.15, -0.1) is 0 Å².